The van der Waals surface area contributed by atoms with Gasteiger partial charge in [-0.05, 0) is 25.3 Å². The Hall–Kier alpha value is -1.36. The summed E-state index contributed by atoms with van der Waals surface area (Å²) in [6.07, 6.45) is 0.816. The van der Waals surface area contributed by atoms with Crippen LogP contribution in [-0.2, 0) is 7.05 Å². The second kappa shape index (κ2) is 6.00. The largest absolute Gasteiger partial charge is 0.340 e. The van der Waals surface area contributed by atoms with Crippen molar-refractivity contribution in [3.05, 3.63) is 17.5 Å². The molecule has 0 aliphatic heterocycles. The predicted octanol–water partition coefficient (Wildman–Crippen LogP) is 1.17. The molecule has 5 heteroatoms. The predicted molar refractivity (Wildman–Crippen MR) is 72.3 cm³/mol. The molecule has 0 aliphatic rings. The fraction of sp³-hybridized carbons (Fsp3) is 0.692. The molecule has 18 heavy (non-hydrogen) atoms. The normalized spacial score (nSPS) is 12.8. The van der Waals surface area contributed by atoms with Gasteiger partial charge < -0.3 is 10.6 Å². The minimum absolute atomic E-state index is 0.00550. The van der Waals surface area contributed by atoms with Crippen LogP contribution in [0.3, 0.4) is 0 Å². The Morgan fingerprint density at radius 2 is 2.17 bits per heavy atom. The van der Waals surface area contributed by atoms with Crippen molar-refractivity contribution in [2.24, 2.45) is 18.7 Å². The maximum Gasteiger partial charge on any atom is 0.271 e. The van der Waals surface area contributed by atoms with Gasteiger partial charge in [-0.25, -0.2) is 0 Å². The van der Waals surface area contributed by atoms with Crippen molar-refractivity contribution in [2.75, 3.05) is 13.6 Å². The molecular formula is C13H24N4O. The van der Waals surface area contributed by atoms with Gasteiger partial charge in [-0.1, -0.05) is 13.8 Å². The molecule has 0 saturated heterocycles. The highest BCUT2D eigenvalue weighted by molar-refractivity contribution is 5.92. The molecule has 0 spiro atoms. The van der Waals surface area contributed by atoms with Crippen LogP contribution in [0.5, 0.6) is 0 Å². The maximum atomic E-state index is 12.2. The van der Waals surface area contributed by atoms with E-state index in [-0.39, 0.29) is 11.9 Å². The molecule has 2 N–H and O–H groups in total. The van der Waals surface area contributed by atoms with E-state index in [9.17, 15) is 4.79 Å². The molecule has 1 unspecified atom stereocenters. The van der Waals surface area contributed by atoms with Crippen LogP contribution in [0.2, 0.25) is 0 Å². The second-order valence-corrected chi connectivity index (χ2v) is 5.22. The summed E-state index contributed by atoms with van der Waals surface area (Å²) in [6.45, 7) is 6.74. The number of aromatic nitrogens is 2. The van der Waals surface area contributed by atoms with Gasteiger partial charge in [0.05, 0.1) is 5.69 Å². The minimum atomic E-state index is -0.00550. The number of aryl methyl sites for hydroxylation is 2. The molecule has 0 radical (unpaired) electrons. The lowest BCUT2D eigenvalue weighted by atomic mass is 10.0. The van der Waals surface area contributed by atoms with Gasteiger partial charge in [0.2, 0.25) is 0 Å². The molecule has 1 rings (SSSR count). The van der Waals surface area contributed by atoms with Gasteiger partial charge in [0, 0.05) is 26.7 Å². The standard InChI is InChI=1S/C13H24N4O/c1-9(2)11(14)6-7-16(4)13(18)12-8-10(3)15-17(12)5/h8-9,11H,6-7,14H2,1-5H3. The number of amides is 1. The van der Waals surface area contributed by atoms with Gasteiger partial charge >= 0.3 is 0 Å². The number of rotatable bonds is 5. The summed E-state index contributed by atoms with van der Waals surface area (Å²) in [6, 6.07) is 1.94. The molecule has 0 aliphatic carbocycles. The van der Waals surface area contributed by atoms with Crippen molar-refractivity contribution in [2.45, 2.75) is 33.2 Å². The van der Waals surface area contributed by atoms with Gasteiger partial charge in [-0.15, -0.1) is 0 Å². The lowest BCUT2D eigenvalue weighted by molar-refractivity contribution is 0.0778. The molecule has 1 heterocycles. The van der Waals surface area contributed by atoms with E-state index in [0.717, 1.165) is 12.1 Å². The van der Waals surface area contributed by atoms with Crippen LogP contribution in [0.1, 0.15) is 36.5 Å². The van der Waals surface area contributed by atoms with E-state index in [1.54, 1.807) is 29.7 Å². The van der Waals surface area contributed by atoms with Crippen molar-refractivity contribution < 1.29 is 4.79 Å². The zero-order valence-corrected chi connectivity index (χ0v) is 12.0. The van der Waals surface area contributed by atoms with E-state index in [1.165, 1.54) is 0 Å². The highest BCUT2D eigenvalue weighted by Crippen LogP contribution is 2.08. The first-order valence-corrected chi connectivity index (χ1v) is 6.34. The highest BCUT2D eigenvalue weighted by atomic mass is 16.2. The van der Waals surface area contributed by atoms with Gasteiger partial charge in [0.1, 0.15) is 5.69 Å². The third-order valence-corrected chi connectivity index (χ3v) is 3.22. The Labute approximate surface area is 109 Å². The molecule has 1 amide bonds. The Balaban J connectivity index is 2.59. The average molecular weight is 252 g/mol. The van der Waals surface area contributed by atoms with Crippen LogP contribution >= 0.6 is 0 Å². The molecule has 0 bridgehead atoms. The number of hydrogen-bond donors (Lipinski definition) is 1. The summed E-state index contributed by atoms with van der Waals surface area (Å²) < 4.78 is 1.62. The third-order valence-electron chi connectivity index (χ3n) is 3.22. The molecule has 5 nitrogen and oxygen atoms in total. The first-order valence-electron chi connectivity index (χ1n) is 6.34. The van der Waals surface area contributed by atoms with Gasteiger partial charge in [-0.3, -0.25) is 9.48 Å². The zero-order valence-electron chi connectivity index (χ0n) is 12.0. The topological polar surface area (TPSA) is 64.2 Å². The molecule has 0 aromatic carbocycles. The Kier molecular flexibility index (Phi) is 4.90. The quantitative estimate of drug-likeness (QED) is 0.855. The van der Waals surface area contributed by atoms with Gasteiger partial charge in [0.25, 0.3) is 5.91 Å². The molecule has 1 atom stereocenters. The molecule has 0 fully saturated rings. The maximum absolute atomic E-state index is 12.2. The van der Waals surface area contributed by atoms with Crippen LogP contribution in [0.25, 0.3) is 0 Å². The van der Waals surface area contributed by atoms with Crippen molar-refractivity contribution >= 4 is 5.91 Å². The van der Waals surface area contributed by atoms with E-state index in [1.807, 2.05) is 6.92 Å². The Morgan fingerprint density at radius 3 is 2.61 bits per heavy atom. The van der Waals surface area contributed by atoms with Crippen molar-refractivity contribution in [1.82, 2.24) is 14.7 Å². The van der Waals surface area contributed by atoms with Gasteiger partial charge in [0.15, 0.2) is 0 Å². The summed E-state index contributed by atoms with van der Waals surface area (Å²) in [5, 5.41) is 4.18. The zero-order chi connectivity index (χ0) is 13.9. The van der Waals surface area contributed by atoms with E-state index in [0.29, 0.717) is 18.2 Å². The van der Waals surface area contributed by atoms with Crippen LogP contribution in [0.15, 0.2) is 6.07 Å². The first kappa shape index (κ1) is 14.7. The third kappa shape index (κ3) is 3.57. The Bertz CT molecular complexity index is 411. The summed E-state index contributed by atoms with van der Waals surface area (Å²) in [7, 11) is 3.59. The number of hydrogen-bond acceptors (Lipinski definition) is 3. The minimum Gasteiger partial charge on any atom is -0.340 e. The van der Waals surface area contributed by atoms with Crippen molar-refractivity contribution in [1.29, 1.82) is 0 Å². The van der Waals surface area contributed by atoms with Crippen LogP contribution in [-0.4, -0.2) is 40.2 Å². The lowest BCUT2D eigenvalue weighted by Gasteiger charge is -2.21. The fourth-order valence-electron chi connectivity index (χ4n) is 1.78. The van der Waals surface area contributed by atoms with Crippen LogP contribution in [0.4, 0.5) is 0 Å². The molecule has 102 valence electrons. The van der Waals surface area contributed by atoms with Crippen LogP contribution in [0, 0.1) is 12.8 Å². The van der Waals surface area contributed by atoms with E-state index < -0.39 is 0 Å². The summed E-state index contributed by atoms with van der Waals surface area (Å²) in [5.41, 5.74) is 7.46. The second-order valence-electron chi connectivity index (χ2n) is 5.22. The van der Waals surface area contributed by atoms with E-state index in [4.69, 9.17) is 5.73 Å². The monoisotopic (exact) mass is 252 g/mol. The van der Waals surface area contributed by atoms with Crippen molar-refractivity contribution in [3.63, 3.8) is 0 Å². The molecular weight excluding hydrogens is 228 g/mol. The van der Waals surface area contributed by atoms with E-state index in [2.05, 4.69) is 18.9 Å². The lowest BCUT2D eigenvalue weighted by Crippen LogP contribution is -2.35. The number of carbonyl (C=O) groups is 1. The highest BCUT2D eigenvalue weighted by Gasteiger charge is 2.17. The van der Waals surface area contributed by atoms with Gasteiger partial charge in [-0.2, -0.15) is 5.10 Å². The van der Waals surface area contributed by atoms with Crippen LogP contribution < -0.4 is 5.73 Å². The SMILES string of the molecule is Cc1cc(C(=O)N(C)CCC(N)C(C)C)n(C)n1. The summed E-state index contributed by atoms with van der Waals surface area (Å²) >= 11 is 0. The molecule has 1 aromatic rings. The Morgan fingerprint density at radius 1 is 1.56 bits per heavy atom. The van der Waals surface area contributed by atoms with E-state index >= 15 is 0 Å². The smallest absolute Gasteiger partial charge is 0.271 e. The number of carbonyl (C=O) groups excluding carboxylic acids is 1. The number of nitrogens with two attached hydrogens (primary N) is 1. The summed E-state index contributed by atoms with van der Waals surface area (Å²) in [4.78, 5) is 13.9. The summed E-state index contributed by atoms with van der Waals surface area (Å²) in [5.74, 6) is 0.432. The molecule has 1 aromatic heterocycles. The fourth-order valence-corrected chi connectivity index (χ4v) is 1.78. The van der Waals surface area contributed by atoms with Crippen molar-refractivity contribution in [3.8, 4) is 0 Å². The average Bonchev–Trinajstić information content (AvgIpc) is 2.63. The number of nitrogens with zero attached hydrogens (tertiary/aromatic N) is 3. The molecule has 0 saturated carbocycles. The first-order chi connectivity index (χ1) is 8.32.